The lowest BCUT2D eigenvalue weighted by Gasteiger charge is -1.99. The van der Waals surface area contributed by atoms with Crippen molar-refractivity contribution in [3.8, 4) is 0 Å². The van der Waals surface area contributed by atoms with Crippen molar-refractivity contribution in [1.29, 1.82) is 0 Å². The van der Waals surface area contributed by atoms with Crippen molar-refractivity contribution < 1.29 is 9.53 Å². The smallest absolute Gasteiger partial charge is 0.358 e. The fourth-order valence-corrected chi connectivity index (χ4v) is 1.58. The number of aryl methyl sites for hydroxylation is 1. The number of methoxy groups -OCH3 is 1. The van der Waals surface area contributed by atoms with Gasteiger partial charge in [0, 0.05) is 12.6 Å². The van der Waals surface area contributed by atoms with Crippen LogP contribution in [0.4, 0.5) is 5.82 Å². The summed E-state index contributed by atoms with van der Waals surface area (Å²) in [5, 5.41) is 4.06. The average Bonchev–Trinajstić information content (AvgIpc) is 2.95. The van der Waals surface area contributed by atoms with Crippen LogP contribution in [-0.2, 0) is 11.8 Å². The molecule has 0 radical (unpaired) electrons. The summed E-state index contributed by atoms with van der Waals surface area (Å²) >= 11 is 0. The van der Waals surface area contributed by atoms with E-state index in [0.717, 1.165) is 18.4 Å². The highest BCUT2D eigenvalue weighted by atomic mass is 16.5. The molecule has 1 aromatic rings. The third-order valence-corrected chi connectivity index (χ3v) is 2.49. The van der Waals surface area contributed by atoms with Crippen LogP contribution in [0.3, 0.4) is 0 Å². The van der Waals surface area contributed by atoms with Crippen molar-refractivity contribution in [1.82, 2.24) is 9.78 Å². The molecule has 0 aromatic carbocycles. The van der Waals surface area contributed by atoms with Gasteiger partial charge in [-0.25, -0.2) is 4.79 Å². The van der Waals surface area contributed by atoms with E-state index in [1.807, 2.05) is 0 Å². The Balaban J connectivity index is 2.47. The fraction of sp³-hybridized carbons (Fsp3) is 0.556. The minimum absolute atomic E-state index is 0.370. The van der Waals surface area contributed by atoms with E-state index in [0.29, 0.717) is 17.4 Å². The molecule has 1 saturated carbocycles. The zero-order valence-corrected chi connectivity index (χ0v) is 8.28. The summed E-state index contributed by atoms with van der Waals surface area (Å²) in [4.78, 5) is 11.4. The Morgan fingerprint density at radius 3 is 2.79 bits per heavy atom. The number of nitrogens with two attached hydrogens (primary N) is 1. The first-order valence-corrected chi connectivity index (χ1v) is 4.55. The van der Waals surface area contributed by atoms with Gasteiger partial charge >= 0.3 is 5.97 Å². The van der Waals surface area contributed by atoms with E-state index in [1.54, 1.807) is 7.05 Å². The molecule has 76 valence electrons. The molecule has 0 aliphatic heterocycles. The molecular weight excluding hydrogens is 182 g/mol. The maximum atomic E-state index is 11.4. The Morgan fingerprint density at radius 2 is 2.29 bits per heavy atom. The largest absolute Gasteiger partial charge is 0.464 e. The second-order valence-electron chi connectivity index (χ2n) is 3.54. The van der Waals surface area contributed by atoms with E-state index in [-0.39, 0.29) is 0 Å². The minimum atomic E-state index is -0.404. The molecule has 0 unspecified atom stereocenters. The zero-order valence-electron chi connectivity index (χ0n) is 8.28. The van der Waals surface area contributed by atoms with Gasteiger partial charge in [0.2, 0.25) is 0 Å². The van der Waals surface area contributed by atoms with Gasteiger partial charge < -0.3 is 10.5 Å². The maximum absolute atomic E-state index is 11.4. The lowest BCUT2D eigenvalue weighted by Crippen LogP contribution is -2.05. The summed E-state index contributed by atoms with van der Waals surface area (Å²) < 4.78 is 6.18. The van der Waals surface area contributed by atoms with Gasteiger partial charge in [-0.05, 0) is 18.8 Å². The molecule has 0 atom stereocenters. The first-order chi connectivity index (χ1) is 6.65. The van der Waals surface area contributed by atoms with Crippen molar-refractivity contribution in [2.45, 2.75) is 18.8 Å². The normalized spacial score (nSPS) is 15.6. The molecule has 0 bridgehead atoms. The number of aromatic nitrogens is 2. The minimum Gasteiger partial charge on any atom is -0.464 e. The van der Waals surface area contributed by atoms with Gasteiger partial charge in [0.15, 0.2) is 5.69 Å². The number of ether oxygens (including phenoxy) is 1. The summed E-state index contributed by atoms with van der Waals surface area (Å²) in [5.74, 6) is 0.574. The molecule has 1 aliphatic carbocycles. The monoisotopic (exact) mass is 195 g/mol. The van der Waals surface area contributed by atoms with Crippen LogP contribution in [0.2, 0.25) is 0 Å². The molecule has 0 spiro atoms. The van der Waals surface area contributed by atoms with Gasteiger partial charge in [-0.3, -0.25) is 4.68 Å². The van der Waals surface area contributed by atoms with Gasteiger partial charge in [-0.2, -0.15) is 5.10 Å². The van der Waals surface area contributed by atoms with Crippen LogP contribution >= 0.6 is 0 Å². The highest BCUT2D eigenvalue weighted by Crippen LogP contribution is 2.44. The van der Waals surface area contributed by atoms with Crippen LogP contribution in [0.1, 0.15) is 34.8 Å². The lowest BCUT2D eigenvalue weighted by molar-refractivity contribution is 0.0592. The molecule has 0 saturated heterocycles. The van der Waals surface area contributed by atoms with Crippen LogP contribution < -0.4 is 5.73 Å². The summed E-state index contributed by atoms with van der Waals surface area (Å²) in [7, 11) is 3.08. The molecule has 0 amide bonds. The van der Waals surface area contributed by atoms with Crippen LogP contribution in [0.25, 0.3) is 0 Å². The molecule has 1 aliphatic rings. The van der Waals surface area contributed by atoms with Gasteiger partial charge in [-0.1, -0.05) is 0 Å². The number of nitrogens with zero attached hydrogens (tertiary/aromatic N) is 2. The SMILES string of the molecule is COC(=O)c1nn(C)c(N)c1C1CC1. The van der Waals surface area contributed by atoms with E-state index >= 15 is 0 Å². The molecule has 1 fully saturated rings. The molecule has 2 rings (SSSR count). The van der Waals surface area contributed by atoms with Crippen molar-refractivity contribution in [2.24, 2.45) is 7.05 Å². The molecular formula is C9H13N3O2. The summed E-state index contributed by atoms with van der Waals surface area (Å²) in [6, 6.07) is 0. The number of carbonyl (C=O) groups is 1. The standard InChI is InChI=1S/C9H13N3O2/c1-12-8(10)6(5-3-4-5)7(11-12)9(13)14-2/h5H,3-4,10H2,1-2H3. The van der Waals surface area contributed by atoms with Gasteiger partial charge in [-0.15, -0.1) is 0 Å². The fourth-order valence-electron chi connectivity index (χ4n) is 1.58. The Kier molecular flexibility index (Phi) is 1.94. The van der Waals surface area contributed by atoms with E-state index in [9.17, 15) is 4.79 Å². The van der Waals surface area contributed by atoms with Gasteiger partial charge in [0.25, 0.3) is 0 Å². The van der Waals surface area contributed by atoms with E-state index in [4.69, 9.17) is 5.73 Å². The first-order valence-electron chi connectivity index (χ1n) is 4.55. The first kappa shape index (κ1) is 9.05. The number of hydrogen-bond acceptors (Lipinski definition) is 4. The summed E-state index contributed by atoms with van der Waals surface area (Å²) in [6.45, 7) is 0. The molecule has 2 N–H and O–H groups in total. The molecule has 5 heteroatoms. The van der Waals surface area contributed by atoms with E-state index < -0.39 is 5.97 Å². The van der Waals surface area contributed by atoms with Gasteiger partial charge in [0.05, 0.1) is 7.11 Å². The number of esters is 1. The second kappa shape index (κ2) is 3.01. The van der Waals surface area contributed by atoms with Crippen LogP contribution in [-0.4, -0.2) is 22.9 Å². The van der Waals surface area contributed by atoms with Crippen molar-refractivity contribution in [2.75, 3.05) is 12.8 Å². The topological polar surface area (TPSA) is 70.1 Å². The number of carbonyl (C=O) groups excluding carboxylic acids is 1. The quantitative estimate of drug-likeness (QED) is 0.704. The third-order valence-electron chi connectivity index (χ3n) is 2.49. The summed E-state index contributed by atoms with van der Waals surface area (Å²) in [6.07, 6.45) is 2.17. The maximum Gasteiger partial charge on any atom is 0.358 e. The van der Waals surface area contributed by atoms with E-state index in [2.05, 4.69) is 9.84 Å². The Morgan fingerprint density at radius 1 is 1.64 bits per heavy atom. The zero-order chi connectivity index (χ0) is 10.3. The molecule has 5 nitrogen and oxygen atoms in total. The number of hydrogen-bond donors (Lipinski definition) is 1. The van der Waals surface area contributed by atoms with Crippen LogP contribution in [0.15, 0.2) is 0 Å². The highest BCUT2D eigenvalue weighted by molar-refractivity contribution is 5.90. The Hall–Kier alpha value is -1.52. The van der Waals surface area contributed by atoms with Crippen LogP contribution in [0.5, 0.6) is 0 Å². The molecule has 14 heavy (non-hydrogen) atoms. The average molecular weight is 195 g/mol. The lowest BCUT2D eigenvalue weighted by atomic mass is 10.1. The second-order valence-corrected chi connectivity index (χ2v) is 3.54. The summed E-state index contributed by atoms with van der Waals surface area (Å²) in [5.41, 5.74) is 7.06. The van der Waals surface area contributed by atoms with Crippen molar-refractivity contribution in [3.63, 3.8) is 0 Å². The van der Waals surface area contributed by atoms with Crippen molar-refractivity contribution >= 4 is 11.8 Å². The van der Waals surface area contributed by atoms with E-state index in [1.165, 1.54) is 11.8 Å². The third kappa shape index (κ3) is 1.25. The molecule has 1 aromatic heterocycles. The Labute approximate surface area is 81.8 Å². The Bertz CT molecular complexity index is 380. The predicted octanol–water partition coefficient (Wildman–Crippen LogP) is 0.666. The number of rotatable bonds is 2. The number of nitrogen functional groups attached to an aromatic ring is 1. The van der Waals surface area contributed by atoms with Crippen LogP contribution in [0, 0.1) is 0 Å². The predicted molar refractivity (Wildman–Crippen MR) is 50.9 cm³/mol. The van der Waals surface area contributed by atoms with Crippen molar-refractivity contribution in [3.05, 3.63) is 11.3 Å². The number of anilines is 1. The molecule has 1 heterocycles. The highest BCUT2D eigenvalue weighted by Gasteiger charge is 2.33. The van der Waals surface area contributed by atoms with Gasteiger partial charge in [0.1, 0.15) is 5.82 Å².